The molecule has 0 radical (unpaired) electrons. The van der Waals surface area contributed by atoms with Gasteiger partial charge in [0.15, 0.2) is 0 Å². The number of nitrogens with one attached hydrogen (secondary N) is 1. The first-order valence-electron chi connectivity index (χ1n) is 4.98. The Bertz CT molecular complexity index is 261. The minimum absolute atomic E-state index is 1.01. The van der Waals surface area contributed by atoms with E-state index in [1.807, 2.05) is 6.20 Å². The molecule has 0 saturated heterocycles. The van der Waals surface area contributed by atoms with E-state index in [9.17, 15) is 0 Å². The Hall–Kier alpha value is -1.05. The number of H-pyrrole nitrogens is 1. The first-order valence-corrected chi connectivity index (χ1v) is 4.98. The van der Waals surface area contributed by atoms with Crippen molar-refractivity contribution in [1.29, 1.82) is 0 Å². The summed E-state index contributed by atoms with van der Waals surface area (Å²) in [5, 5.41) is 6.91. The Morgan fingerprint density at radius 3 is 2.92 bits per heavy atom. The van der Waals surface area contributed by atoms with E-state index in [1.165, 1.54) is 30.5 Å². The van der Waals surface area contributed by atoms with Crippen LogP contribution < -0.4 is 0 Å². The third-order valence-corrected chi connectivity index (χ3v) is 2.16. The second-order valence-electron chi connectivity index (χ2n) is 3.34. The smallest absolute Gasteiger partial charge is 0.0525 e. The molecule has 72 valence electrons. The molecule has 0 spiro atoms. The molecule has 0 aliphatic rings. The van der Waals surface area contributed by atoms with Crippen molar-refractivity contribution in [3.63, 3.8) is 0 Å². The summed E-state index contributed by atoms with van der Waals surface area (Å²) >= 11 is 0. The molecule has 0 unspecified atom stereocenters. The number of aryl methyl sites for hydroxylation is 1. The molecule has 0 saturated carbocycles. The minimum Gasteiger partial charge on any atom is -0.283 e. The second-order valence-corrected chi connectivity index (χ2v) is 3.34. The Morgan fingerprint density at radius 1 is 1.46 bits per heavy atom. The van der Waals surface area contributed by atoms with Crippen molar-refractivity contribution in [3.8, 4) is 0 Å². The van der Waals surface area contributed by atoms with Crippen LogP contribution in [0.3, 0.4) is 0 Å². The highest BCUT2D eigenvalue weighted by Gasteiger charge is 1.95. The van der Waals surface area contributed by atoms with Crippen LogP contribution in [0, 0.1) is 6.92 Å². The van der Waals surface area contributed by atoms with Crippen molar-refractivity contribution in [1.82, 2.24) is 10.2 Å². The maximum atomic E-state index is 3.98. The van der Waals surface area contributed by atoms with Gasteiger partial charge in [0, 0.05) is 5.69 Å². The maximum Gasteiger partial charge on any atom is 0.0525 e. The van der Waals surface area contributed by atoms with Crippen LogP contribution in [0.25, 0.3) is 0 Å². The van der Waals surface area contributed by atoms with Gasteiger partial charge in [-0.2, -0.15) is 5.10 Å². The standard InChI is InChI=1S/C11H18N2/c1-3-4-5-6-7-8-11-9-12-13-10(11)2/h6-7,9H,3-5,8H2,1-2H3,(H,12,13)/b7-6+. The summed E-state index contributed by atoms with van der Waals surface area (Å²) < 4.78 is 0. The van der Waals surface area contributed by atoms with Crippen molar-refractivity contribution in [2.24, 2.45) is 0 Å². The summed E-state index contributed by atoms with van der Waals surface area (Å²) in [6.07, 6.45) is 11.2. The minimum atomic E-state index is 1.01. The van der Waals surface area contributed by atoms with E-state index < -0.39 is 0 Å². The van der Waals surface area contributed by atoms with Crippen molar-refractivity contribution in [2.75, 3.05) is 0 Å². The highest BCUT2D eigenvalue weighted by molar-refractivity contribution is 5.17. The summed E-state index contributed by atoms with van der Waals surface area (Å²) in [6.45, 7) is 4.27. The van der Waals surface area contributed by atoms with E-state index in [-0.39, 0.29) is 0 Å². The zero-order valence-corrected chi connectivity index (χ0v) is 8.51. The number of aromatic nitrogens is 2. The van der Waals surface area contributed by atoms with Gasteiger partial charge in [0.25, 0.3) is 0 Å². The third kappa shape index (κ3) is 3.45. The van der Waals surface area contributed by atoms with Gasteiger partial charge in [-0.15, -0.1) is 0 Å². The SMILES string of the molecule is CCCC/C=C/Cc1cn[nH]c1C. The van der Waals surface area contributed by atoms with Crippen LogP contribution in [0.1, 0.15) is 37.4 Å². The van der Waals surface area contributed by atoms with E-state index in [2.05, 4.69) is 36.2 Å². The quantitative estimate of drug-likeness (QED) is 0.545. The van der Waals surface area contributed by atoms with Gasteiger partial charge in [0.1, 0.15) is 0 Å². The number of allylic oxidation sites excluding steroid dienone is 2. The Morgan fingerprint density at radius 2 is 2.31 bits per heavy atom. The van der Waals surface area contributed by atoms with Crippen LogP contribution in [-0.4, -0.2) is 10.2 Å². The van der Waals surface area contributed by atoms with E-state index >= 15 is 0 Å². The monoisotopic (exact) mass is 178 g/mol. The maximum absolute atomic E-state index is 3.98. The van der Waals surface area contributed by atoms with Gasteiger partial charge in [-0.05, 0) is 25.3 Å². The summed E-state index contributed by atoms with van der Waals surface area (Å²) in [6, 6.07) is 0. The zero-order chi connectivity index (χ0) is 9.52. The largest absolute Gasteiger partial charge is 0.283 e. The molecular weight excluding hydrogens is 160 g/mol. The lowest BCUT2D eigenvalue weighted by Gasteiger charge is -1.92. The summed E-state index contributed by atoms with van der Waals surface area (Å²) in [7, 11) is 0. The van der Waals surface area contributed by atoms with Gasteiger partial charge in [-0.25, -0.2) is 0 Å². The zero-order valence-electron chi connectivity index (χ0n) is 8.51. The highest BCUT2D eigenvalue weighted by Crippen LogP contribution is 2.04. The molecule has 0 fully saturated rings. The Labute approximate surface area is 80.1 Å². The molecule has 2 heteroatoms. The Kier molecular flexibility index (Phi) is 4.30. The second kappa shape index (κ2) is 5.57. The van der Waals surface area contributed by atoms with Crippen molar-refractivity contribution >= 4 is 0 Å². The highest BCUT2D eigenvalue weighted by atomic mass is 15.1. The molecule has 1 aromatic rings. The molecule has 1 heterocycles. The van der Waals surface area contributed by atoms with Crippen molar-refractivity contribution < 1.29 is 0 Å². The van der Waals surface area contributed by atoms with Gasteiger partial charge in [0.05, 0.1) is 6.20 Å². The summed E-state index contributed by atoms with van der Waals surface area (Å²) in [5.41, 5.74) is 2.48. The van der Waals surface area contributed by atoms with E-state index in [0.717, 1.165) is 6.42 Å². The number of hydrogen-bond donors (Lipinski definition) is 1. The summed E-state index contributed by atoms with van der Waals surface area (Å²) in [4.78, 5) is 0. The van der Waals surface area contributed by atoms with Crippen LogP contribution >= 0.6 is 0 Å². The molecule has 0 aliphatic heterocycles. The van der Waals surface area contributed by atoms with Crippen LogP contribution in [0.15, 0.2) is 18.3 Å². The molecule has 1 aromatic heterocycles. The van der Waals surface area contributed by atoms with Crippen molar-refractivity contribution in [2.45, 2.75) is 39.5 Å². The lowest BCUT2D eigenvalue weighted by atomic mass is 10.1. The first kappa shape index (κ1) is 10.0. The van der Waals surface area contributed by atoms with Gasteiger partial charge in [-0.3, -0.25) is 5.10 Å². The molecular formula is C11H18N2. The average Bonchev–Trinajstić information content (AvgIpc) is 2.52. The predicted octanol–water partition coefficient (Wildman–Crippen LogP) is 3.01. The van der Waals surface area contributed by atoms with Gasteiger partial charge in [-0.1, -0.05) is 31.9 Å². The van der Waals surface area contributed by atoms with Crippen LogP contribution in [0.2, 0.25) is 0 Å². The molecule has 0 aromatic carbocycles. The van der Waals surface area contributed by atoms with Gasteiger partial charge >= 0.3 is 0 Å². The normalized spacial score (nSPS) is 11.2. The lowest BCUT2D eigenvalue weighted by molar-refractivity contribution is 0.813. The van der Waals surface area contributed by atoms with Crippen molar-refractivity contribution in [3.05, 3.63) is 29.6 Å². The van der Waals surface area contributed by atoms with Crippen LogP contribution in [0.5, 0.6) is 0 Å². The molecule has 1 rings (SSSR count). The number of hydrogen-bond acceptors (Lipinski definition) is 1. The predicted molar refractivity (Wildman–Crippen MR) is 55.7 cm³/mol. The van der Waals surface area contributed by atoms with Crippen LogP contribution in [-0.2, 0) is 6.42 Å². The molecule has 0 bridgehead atoms. The third-order valence-electron chi connectivity index (χ3n) is 2.16. The van der Waals surface area contributed by atoms with E-state index in [0.29, 0.717) is 0 Å². The fraction of sp³-hybridized carbons (Fsp3) is 0.545. The molecule has 0 amide bonds. The fourth-order valence-electron chi connectivity index (χ4n) is 1.23. The lowest BCUT2D eigenvalue weighted by Crippen LogP contribution is -1.81. The topological polar surface area (TPSA) is 28.7 Å². The molecule has 1 N–H and O–H groups in total. The van der Waals surface area contributed by atoms with E-state index in [4.69, 9.17) is 0 Å². The summed E-state index contributed by atoms with van der Waals surface area (Å²) in [5.74, 6) is 0. The molecule has 2 nitrogen and oxygen atoms in total. The Balaban J connectivity index is 2.26. The first-order chi connectivity index (χ1) is 6.34. The number of aromatic amines is 1. The molecule has 0 atom stereocenters. The number of unbranched alkanes of at least 4 members (excludes halogenated alkanes) is 2. The van der Waals surface area contributed by atoms with Gasteiger partial charge < -0.3 is 0 Å². The van der Waals surface area contributed by atoms with E-state index in [1.54, 1.807) is 0 Å². The molecule has 13 heavy (non-hydrogen) atoms. The average molecular weight is 178 g/mol. The van der Waals surface area contributed by atoms with Crippen LogP contribution in [0.4, 0.5) is 0 Å². The molecule has 0 aliphatic carbocycles. The number of nitrogens with zero attached hydrogens (tertiary/aromatic N) is 1. The van der Waals surface area contributed by atoms with Gasteiger partial charge in [0.2, 0.25) is 0 Å². The fourth-order valence-corrected chi connectivity index (χ4v) is 1.23. The number of rotatable bonds is 5.